The molecule has 0 spiro atoms. The van der Waals surface area contributed by atoms with Gasteiger partial charge in [0.1, 0.15) is 17.3 Å². The van der Waals surface area contributed by atoms with Crippen LogP contribution in [0.1, 0.15) is 29.8 Å². The first kappa shape index (κ1) is 26.7. The highest BCUT2D eigenvalue weighted by atomic mass is 32.2. The van der Waals surface area contributed by atoms with E-state index < -0.39 is 39.7 Å². The molecule has 36 heavy (non-hydrogen) atoms. The molecule has 190 valence electrons. The van der Waals surface area contributed by atoms with Crippen molar-refractivity contribution in [2.45, 2.75) is 19.1 Å². The molecule has 1 amide bonds. The minimum Gasteiger partial charge on any atom is -0.346 e. The molecule has 3 rings (SSSR count). The number of para-hydroxylation sites is 1. The van der Waals surface area contributed by atoms with Gasteiger partial charge < -0.3 is 10.6 Å². The van der Waals surface area contributed by atoms with E-state index in [4.69, 9.17) is 0 Å². The van der Waals surface area contributed by atoms with E-state index in [2.05, 4.69) is 15.6 Å². The fourth-order valence-corrected chi connectivity index (χ4v) is 3.68. The molecule has 0 aliphatic rings. The number of halogens is 4. The maximum Gasteiger partial charge on any atom is 0.433 e. The Hall–Kier alpha value is -3.93. The molecule has 1 heterocycles. The molecule has 2 aromatic carbocycles. The quantitative estimate of drug-likeness (QED) is 0.277. The molecule has 0 unspecified atom stereocenters. The number of hydrogen-bond acceptors (Lipinski definition) is 5. The predicted molar refractivity (Wildman–Crippen MR) is 129 cm³/mol. The summed E-state index contributed by atoms with van der Waals surface area (Å²) in [6.45, 7) is 1.59. The van der Waals surface area contributed by atoms with Gasteiger partial charge in [-0.15, -0.1) is 0 Å². The van der Waals surface area contributed by atoms with Crippen LogP contribution in [-0.4, -0.2) is 25.6 Å². The van der Waals surface area contributed by atoms with Crippen LogP contribution in [0.4, 0.5) is 34.8 Å². The largest absolute Gasteiger partial charge is 0.433 e. The number of sulfonamides is 1. The summed E-state index contributed by atoms with van der Waals surface area (Å²) in [6, 6.07) is 13.6. The van der Waals surface area contributed by atoms with Gasteiger partial charge in [-0.05, 0) is 55.0 Å². The van der Waals surface area contributed by atoms with E-state index >= 15 is 0 Å². The molecule has 0 saturated heterocycles. The summed E-state index contributed by atoms with van der Waals surface area (Å²) < 4.78 is 78.3. The molecular formula is C24H22F4N4O3S. The highest BCUT2D eigenvalue weighted by Gasteiger charge is 2.33. The number of carbonyl (C=O) groups is 1. The lowest BCUT2D eigenvalue weighted by Gasteiger charge is -2.15. The van der Waals surface area contributed by atoms with E-state index in [1.54, 1.807) is 37.3 Å². The Labute approximate surface area is 205 Å². The molecule has 0 saturated carbocycles. The van der Waals surface area contributed by atoms with Gasteiger partial charge in [0, 0.05) is 17.3 Å². The number of nitrogens with one attached hydrogen (secondary N) is 3. The second-order valence-electron chi connectivity index (χ2n) is 7.80. The molecular weight excluding hydrogens is 500 g/mol. The summed E-state index contributed by atoms with van der Waals surface area (Å²) in [5.41, 5.74) is -0.208. The number of benzene rings is 2. The summed E-state index contributed by atoms with van der Waals surface area (Å²) >= 11 is 0. The fraction of sp³-hybridized carbons (Fsp3) is 0.167. The number of anilines is 3. The Bertz CT molecular complexity index is 1380. The average molecular weight is 523 g/mol. The van der Waals surface area contributed by atoms with Crippen molar-refractivity contribution >= 4 is 39.2 Å². The van der Waals surface area contributed by atoms with Crippen LogP contribution in [0.15, 0.2) is 66.7 Å². The van der Waals surface area contributed by atoms with Gasteiger partial charge in [-0.2, -0.15) is 13.2 Å². The van der Waals surface area contributed by atoms with E-state index in [0.717, 1.165) is 24.5 Å². The molecule has 3 N–H and O–H groups in total. The number of pyridine rings is 1. The van der Waals surface area contributed by atoms with Crippen molar-refractivity contribution in [2.75, 3.05) is 16.3 Å². The molecule has 12 heteroatoms. The van der Waals surface area contributed by atoms with Crippen molar-refractivity contribution in [3.63, 3.8) is 0 Å². The van der Waals surface area contributed by atoms with Crippen LogP contribution in [0.5, 0.6) is 0 Å². The SMILES string of the molecule is C[C@@H](NC(=O)/C=C\c1ccc(C(F)(F)F)nc1Nc1ccccc1)c1ccc(NS(C)(=O)=O)c(F)c1. The second kappa shape index (κ2) is 10.8. The zero-order chi connectivity index (χ0) is 26.5. The number of amides is 1. The fourth-order valence-electron chi connectivity index (χ4n) is 3.11. The molecule has 3 aromatic rings. The molecule has 1 atom stereocenters. The topological polar surface area (TPSA) is 100 Å². The van der Waals surface area contributed by atoms with Gasteiger partial charge in [0.25, 0.3) is 0 Å². The van der Waals surface area contributed by atoms with Crippen LogP contribution < -0.4 is 15.4 Å². The van der Waals surface area contributed by atoms with Crippen molar-refractivity contribution in [1.29, 1.82) is 0 Å². The number of rotatable bonds is 8. The third-order valence-electron chi connectivity index (χ3n) is 4.81. The monoisotopic (exact) mass is 522 g/mol. The van der Waals surface area contributed by atoms with Crippen molar-refractivity contribution in [3.05, 3.63) is 89.4 Å². The van der Waals surface area contributed by atoms with E-state index in [9.17, 15) is 30.8 Å². The van der Waals surface area contributed by atoms with E-state index in [1.165, 1.54) is 24.3 Å². The van der Waals surface area contributed by atoms with Crippen LogP contribution in [-0.2, 0) is 21.0 Å². The molecule has 0 aliphatic carbocycles. The molecule has 0 bridgehead atoms. The van der Waals surface area contributed by atoms with E-state index in [1.807, 2.05) is 4.72 Å². The number of aromatic nitrogens is 1. The summed E-state index contributed by atoms with van der Waals surface area (Å²) in [4.78, 5) is 16.1. The average Bonchev–Trinajstić information content (AvgIpc) is 2.78. The van der Waals surface area contributed by atoms with Crippen LogP contribution in [0.3, 0.4) is 0 Å². The predicted octanol–water partition coefficient (Wildman–Crippen LogP) is 5.25. The van der Waals surface area contributed by atoms with Gasteiger partial charge >= 0.3 is 6.18 Å². The summed E-state index contributed by atoms with van der Waals surface area (Å²) in [5, 5.41) is 5.43. The van der Waals surface area contributed by atoms with Crippen molar-refractivity contribution in [1.82, 2.24) is 10.3 Å². The van der Waals surface area contributed by atoms with E-state index in [-0.39, 0.29) is 17.1 Å². The van der Waals surface area contributed by atoms with Gasteiger partial charge in [-0.1, -0.05) is 24.3 Å². The molecule has 0 radical (unpaired) electrons. The zero-order valence-corrected chi connectivity index (χ0v) is 19.9. The lowest BCUT2D eigenvalue weighted by Crippen LogP contribution is -2.24. The van der Waals surface area contributed by atoms with Crippen LogP contribution in [0, 0.1) is 5.82 Å². The van der Waals surface area contributed by atoms with E-state index in [0.29, 0.717) is 11.3 Å². The maximum atomic E-state index is 14.2. The van der Waals surface area contributed by atoms with Gasteiger partial charge in [0.05, 0.1) is 18.0 Å². The summed E-state index contributed by atoms with van der Waals surface area (Å²) in [5.74, 6) is -1.50. The lowest BCUT2D eigenvalue weighted by atomic mass is 10.1. The third-order valence-corrected chi connectivity index (χ3v) is 5.41. The van der Waals surface area contributed by atoms with Gasteiger partial charge in [-0.25, -0.2) is 17.8 Å². The Balaban J connectivity index is 1.76. The normalized spacial score (nSPS) is 12.8. The van der Waals surface area contributed by atoms with Gasteiger partial charge in [0.2, 0.25) is 15.9 Å². The second-order valence-corrected chi connectivity index (χ2v) is 9.55. The number of alkyl halides is 3. The maximum absolute atomic E-state index is 14.2. The summed E-state index contributed by atoms with van der Waals surface area (Å²) in [6.07, 6.45) is -1.33. The first-order valence-corrected chi connectivity index (χ1v) is 12.4. The zero-order valence-electron chi connectivity index (χ0n) is 19.1. The Morgan fingerprint density at radius 1 is 1.06 bits per heavy atom. The highest BCUT2D eigenvalue weighted by molar-refractivity contribution is 7.92. The van der Waals surface area contributed by atoms with Crippen molar-refractivity contribution in [3.8, 4) is 0 Å². The minimum absolute atomic E-state index is 0.0934. The van der Waals surface area contributed by atoms with Crippen LogP contribution in [0.25, 0.3) is 6.08 Å². The Morgan fingerprint density at radius 2 is 1.75 bits per heavy atom. The van der Waals surface area contributed by atoms with Crippen LogP contribution in [0.2, 0.25) is 0 Å². The third kappa shape index (κ3) is 7.54. The smallest absolute Gasteiger partial charge is 0.346 e. The number of nitrogens with zero attached hydrogens (tertiary/aromatic N) is 1. The van der Waals surface area contributed by atoms with Gasteiger partial charge in [0.15, 0.2) is 0 Å². The first-order valence-electron chi connectivity index (χ1n) is 10.5. The first-order chi connectivity index (χ1) is 16.8. The highest BCUT2D eigenvalue weighted by Crippen LogP contribution is 2.31. The Kier molecular flexibility index (Phi) is 7.98. The Morgan fingerprint density at radius 3 is 2.36 bits per heavy atom. The molecule has 0 aliphatic heterocycles. The van der Waals surface area contributed by atoms with Crippen molar-refractivity contribution in [2.24, 2.45) is 0 Å². The summed E-state index contributed by atoms with van der Waals surface area (Å²) in [7, 11) is -3.66. The van der Waals surface area contributed by atoms with Gasteiger partial charge in [-0.3, -0.25) is 9.52 Å². The van der Waals surface area contributed by atoms with Crippen molar-refractivity contribution < 1.29 is 30.8 Å². The minimum atomic E-state index is -4.65. The number of carbonyl (C=O) groups excluding carboxylic acids is 1. The van der Waals surface area contributed by atoms with Crippen LogP contribution >= 0.6 is 0 Å². The molecule has 0 fully saturated rings. The lowest BCUT2D eigenvalue weighted by molar-refractivity contribution is -0.141. The molecule has 7 nitrogen and oxygen atoms in total. The molecule has 1 aromatic heterocycles. The standard InChI is InChI=1S/C24H22F4N4O3S/c1-15(17-8-11-20(19(25)14-17)32-36(2,34)35)29-22(33)13-10-16-9-12-21(24(26,27)28)31-23(16)30-18-6-4-3-5-7-18/h3-15,32H,1-2H3,(H,29,33)(H,30,31)/b13-10-/t15-/m1/s1. The number of hydrogen-bond donors (Lipinski definition) is 3.